The van der Waals surface area contributed by atoms with Gasteiger partial charge in [-0.1, -0.05) is 32.9 Å². The second kappa shape index (κ2) is 7.93. The minimum atomic E-state index is 0.0948. The summed E-state index contributed by atoms with van der Waals surface area (Å²) in [7, 11) is 1.89. The minimum Gasteiger partial charge on any atom is -0.384 e. The van der Waals surface area contributed by atoms with E-state index in [9.17, 15) is 4.79 Å². The Balaban J connectivity index is 2.85. The fourth-order valence-electron chi connectivity index (χ4n) is 2.31. The van der Waals surface area contributed by atoms with Gasteiger partial charge in [0.1, 0.15) is 0 Å². The normalized spacial score (nSPS) is 12.3. The van der Waals surface area contributed by atoms with Crippen LogP contribution in [0.15, 0.2) is 24.3 Å². The molecule has 1 aromatic carbocycles. The molecule has 3 heteroatoms. The highest BCUT2D eigenvalue weighted by Crippen LogP contribution is 2.19. The third-order valence-electron chi connectivity index (χ3n) is 3.52. The van der Waals surface area contributed by atoms with Gasteiger partial charge in [0.15, 0.2) is 0 Å². The van der Waals surface area contributed by atoms with E-state index in [2.05, 4.69) is 33.0 Å². The molecule has 1 rings (SSSR count). The number of nitrogens with one attached hydrogen (secondary N) is 1. The number of benzene rings is 1. The molecular formula is C17H28N2O. The Bertz CT molecular complexity index is 429. The number of rotatable bonds is 7. The molecule has 0 radical (unpaired) electrons. The highest BCUT2D eigenvalue weighted by molar-refractivity contribution is 5.99. The van der Waals surface area contributed by atoms with Crippen molar-refractivity contribution in [1.82, 2.24) is 4.90 Å². The molecule has 0 spiro atoms. The number of nitrogens with zero attached hydrogens (tertiary/aromatic N) is 1. The maximum Gasteiger partial charge on any atom is 0.255 e. The Morgan fingerprint density at radius 2 is 1.90 bits per heavy atom. The first-order valence-corrected chi connectivity index (χ1v) is 7.57. The molecule has 0 fully saturated rings. The molecular weight excluding hydrogens is 248 g/mol. The van der Waals surface area contributed by atoms with Gasteiger partial charge in [0.05, 0.1) is 5.56 Å². The van der Waals surface area contributed by atoms with Crippen molar-refractivity contribution in [3.8, 4) is 0 Å². The monoisotopic (exact) mass is 276 g/mol. The first kappa shape index (κ1) is 16.5. The SMILES string of the molecule is CCCNc1ccccc1C(=O)N(C)C(C)CC(C)C. The highest BCUT2D eigenvalue weighted by atomic mass is 16.2. The lowest BCUT2D eigenvalue weighted by atomic mass is 10.0. The maximum atomic E-state index is 12.6. The van der Waals surface area contributed by atoms with Gasteiger partial charge in [-0.2, -0.15) is 0 Å². The number of carbonyl (C=O) groups excluding carboxylic acids is 1. The molecule has 112 valence electrons. The molecule has 0 aromatic heterocycles. The molecule has 0 aliphatic rings. The molecule has 1 unspecified atom stereocenters. The number of amides is 1. The van der Waals surface area contributed by atoms with Crippen LogP contribution in [0.2, 0.25) is 0 Å². The molecule has 20 heavy (non-hydrogen) atoms. The van der Waals surface area contributed by atoms with Crippen LogP contribution >= 0.6 is 0 Å². The molecule has 1 atom stereocenters. The second-order valence-corrected chi connectivity index (χ2v) is 5.87. The van der Waals surface area contributed by atoms with E-state index < -0.39 is 0 Å². The third kappa shape index (κ3) is 4.55. The molecule has 1 N–H and O–H groups in total. The Morgan fingerprint density at radius 3 is 2.50 bits per heavy atom. The molecule has 3 nitrogen and oxygen atoms in total. The van der Waals surface area contributed by atoms with Gasteiger partial charge in [-0.15, -0.1) is 0 Å². The summed E-state index contributed by atoms with van der Waals surface area (Å²) in [5.41, 5.74) is 1.70. The van der Waals surface area contributed by atoms with Crippen LogP contribution in [-0.4, -0.2) is 30.4 Å². The van der Waals surface area contributed by atoms with Gasteiger partial charge < -0.3 is 10.2 Å². The van der Waals surface area contributed by atoms with Gasteiger partial charge in [-0.05, 0) is 37.8 Å². The Labute approximate surface area is 123 Å². The van der Waals surface area contributed by atoms with Crippen LogP contribution < -0.4 is 5.32 Å². The van der Waals surface area contributed by atoms with Crippen molar-refractivity contribution in [2.75, 3.05) is 18.9 Å². The van der Waals surface area contributed by atoms with Gasteiger partial charge in [-0.25, -0.2) is 0 Å². The van der Waals surface area contributed by atoms with Crippen LogP contribution in [0.3, 0.4) is 0 Å². The first-order chi connectivity index (χ1) is 9.47. The van der Waals surface area contributed by atoms with E-state index in [-0.39, 0.29) is 11.9 Å². The Hall–Kier alpha value is -1.51. The summed E-state index contributed by atoms with van der Waals surface area (Å²) in [5, 5.41) is 3.33. The zero-order chi connectivity index (χ0) is 15.1. The fourth-order valence-corrected chi connectivity index (χ4v) is 2.31. The van der Waals surface area contributed by atoms with E-state index in [1.807, 2.05) is 36.2 Å². The summed E-state index contributed by atoms with van der Waals surface area (Å²) < 4.78 is 0. The number of anilines is 1. The van der Waals surface area contributed by atoms with E-state index in [4.69, 9.17) is 0 Å². The molecule has 0 bridgehead atoms. The van der Waals surface area contributed by atoms with Gasteiger partial charge in [0.25, 0.3) is 5.91 Å². The summed E-state index contributed by atoms with van der Waals surface area (Å²) in [5.74, 6) is 0.686. The second-order valence-electron chi connectivity index (χ2n) is 5.87. The number of para-hydroxylation sites is 1. The minimum absolute atomic E-state index is 0.0948. The van der Waals surface area contributed by atoms with E-state index in [0.717, 1.165) is 30.6 Å². The highest BCUT2D eigenvalue weighted by Gasteiger charge is 2.20. The zero-order valence-corrected chi connectivity index (χ0v) is 13.4. The van der Waals surface area contributed by atoms with Crippen LogP contribution in [0.5, 0.6) is 0 Å². The zero-order valence-electron chi connectivity index (χ0n) is 13.4. The third-order valence-corrected chi connectivity index (χ3v) is 3.52. The average Bonchev–Trinajstić information content (AvgIpc) is 2.43. The molecule has 0 aliphatic carbocycles. The Morgan fingerprint density at radius 1 is 1.25 bits per heavy atom. The van der Waals surface area contributed by atoms with Gasteiger partial charge >= 0.3 is 0 Å². The lowest BCUT2D eigenvalue weighted by molar-refractivity contribution is 0.0729. The van der Waals surface area contributed by atoms with Crippen LogP contribution in [-0.2, 0) is 0 Å². The predicted octanol–water partition coefficient (Wildman–Crippen LogP) is 4.02. The standard InChI is InChI=1S/C17H28N2O/c1-6-11-18-16-10-8-7-9-15(16)17(20)19(5)14(4)12-13(2)3/h7-10,13-14,18H,6,11-12H2,1-5H3. The average molecular weight is 276 g/mol. The summed E-state index contributed by atoms with van der Waals surface area (Å²) in [4.78, 5) is 14.5. The van der Waals surface area contributed by atoms with Crippen LogP contribution in [0, 0.1) is 5.92 Å². The van der Waals surface area contributed by atoms with E-state index in [1.165, 1.54) is 0 Å². The number of carbonyl (C=O) groups is 1. The van der Waals surface area contributed by atoms with Crippen molar-refractivity contribution in [3.05, 3.63) is 29.8 Å². The van der Waals surface area contributed by atoms with Crippen molar-refractivity contribution in [2.24, 2.45) is 5.92 Å². The molecule has 0 saturated carbocycles. The van der Waals surface area contributed by atoms with Crippen molar-refractivity contribution in [1.29, 1.82) is 0 Å². The first-order valence-electron chi connectivity index (χ1n) is 7.57. The fraction of sp³-hybridized carbons (Fsp3) is 0.588. The molecule has 0 saturated heterocycles. The van der Waals surface area contributed by atoms with Crippen LogP contribution in [0.4, 0.5) is 5.69 Å². The lowest BCUT2D eigenvalue weighted by Gasteiger charge is -2.27. The summed E-state index contributed by atoms with van der Waals surface area (Å²) >= 11 is 0. The largest absolute Gasteiger partial charge is 0.384 e. The topological polar surface area (TPSA) is 32.3 Å². The van der Waals surface area contributed by atoms with Crippen molar-refractivity contribution in [3.63, 3.8) is 0 Å². The van der Waals surface area contributed by atoms with Crippen molar-refractivity contribution < 1.29 is 4.79 Å². The van der Waals surface area contributed by atoms with Gasteiger partial charge in [0, 0.05) is 25.3 Å². The summed E-state index contributed by atoms with van der Waals surface area (Å²) in [6.07, 6.45) is 2.06. The smallest absolute Gasteiger partial charge is 0.255 e. The van der Waals surface area contributed by atoms with Crippen molar-refractivity contribution in [2.45, 2.75) is 46.6 Å². The van der Waals surface area contributed by atoms with Gasteiger partial charge in [-0.3, -0.25) is 4.79 Å². The van der Waals surface area contributed by atoms with E-state index in [0.29, 0.717) is 5.92 Å². The Kier molecular flexibility index (Phi) is 6.56. The molecule has 1 amide bonds. The number of hydrogen-bond donors (Lipinski definition) is 1. The van der Waals surface area contributed by atoms with E-state index >= 15 is 0 Å². The summed E-state index contributed by atoms with van der Waals surface area (Å²) in [6.45, 7) is 9.49. The molecule has 0 aliphatic heterocycles. The van der Waals surface area contributed by atoms with Crippen molar-refractivity contribution >= 4 is 11.6 Å². The predicted molar refractivity (Wildman–Crippen MR) is 86.2 cm³/mol. The van der Waals surface area contributed by atoms with Gasteiger partial charge in [0.2, 0.25) is 0 Å². The van der Waals surface area contributed by atoms with E-state index in [1.54, 1.807) is 0 Å². The van der Waals surface area contributed by atoms with Crippen LogP contribution in [0.1, 0.15) is 50.9 Å². The summed E-state index contributed by atoms with van der Waals surface area (Å²) in [6, 6.07) is 8.02. The molecule has 0 heterocycles. The van der Waals surface area contributed by atoms with Crippen LogP contribution in [0.25, 0.3) is 0 Å². The maximum absolute atomic E-state index is 12.6. The quantitative estimate of drug-likeness (QED) is 0.816. The number of hydrogen-bond acceptors (Lipinski definition) is 2. The lowest BCUT2D eigenvalue weighted by Crippen LogP contribution is -2.36. The molecule has 1 aromatic rings.